The van der Waals surface area contributed by atoms with Crippen molar-refractivity contribution in [3.63, 3.8) is 0 Å². The molecule has 1 aromatic heterocycles. The average molecular weight is 195 g/mol. The molecule has 1 rings (SSSR count). The molecular weight excluding hydrogens is 172 g/mol. The van der Waals surface area contributed by atoms with Crippen molar-refractivity contribution >= 4 is 0 Å². The number of aromatic nitrogens is 2. The first kappa shape index (κ1) is 11.3. The van der Waals surface area contributed by atoms with Crippen molar-refractivity contribution in [1.82, 2.24) is 4.57 Å². The molecule has 0 aliphatic heterocycles. The molecule has 0 fully saturated rings. The minimum atomic E-state index is 1.15. The van der Waals surface area contributed by atoms with Crippen LogP contribution in [-0.4, -0.2) is 4.57 Å². The largest absolute Gasteiger partial charge is 0.253 e. The lowest BCUT2D eigenvalue weighted by Crippen LogP contribution is -2.35. The molecule has 14 heavy (non-hydrogen) atoms. The lowest BCUT2D eigenvalue weighted by Gasteiger charge is -1.99. The third-order valence-electron chi connectivity index (χ3n) is 2.72. The van der Waals surface area contributed by atoms with Crippen molar-refractivity contribution in [2.24, 2.45) is 0 Å². The zero-order chi connectivity index (χ0) is 10.4. The highest BCUT2D eigenvalue weighted by Crippen LogP contribution is 1.98. The van der Waals surface area contributed by atoms with Crippen molar-refractivity contribution < 1.29 is 4.57 Å². The Morgan fingerprint density at radius 1 is 1.21 bits per heavy atom. The molecule has 0 saturated carbocycles. The smallest absolute Gasteiger partial charge is 0.235 e. The van der Waals surface area contributed by atoms with E-state index < -0.39 is 0 Å². The predicted octanol–water partition coefficient (Wildman–Crippen LogP) is 2.68. The van der Waals surface area contributed by atoms with Gasteiger partial charge in [-0.3, -0.25) is 0 Å². The van der Waals surface area contributed by atoms with Crippen LogP contribution in [-0.2, 0) is 13.1 Å². The number of nitrogens with zero attached hydrogens (tertiary/aromatic N) is 2. The van der Waals surface area contributed by atoms with Gasteiger partial charge in [0.1, 0.15) is 12.4 Å². The third kappa shape index (κ3) is 2.86. The van der Waals surface area contributed by atoms with Gasteiger partial charge in [-0.15, -0.1) is 0 Å². The summed E-state index contributed by atoms with van der Waals surface area (Å²) in [7, 11) is 0. The topological polar surface area (TPSA) is 8.81 Å². The molecule has 0 bridgehead atoms. The van der Waals surface area contributed by atoms with Crippen LogP contribution in [0.4, 0.5) is 0 Å². The second-order valence-corrected chi connectivity index (χ2v) is 3.94. The SMILES string of the molecule is CCCCC[n+]1ccn(CCC)c1C. The minimum absolute atomic E-state index is 1.15. The number of imidazole rings is 1. The van der Waals surface area contributed by atoms with E-state index >= 15 is 0 Å². The quantitative estimate of drug-likeness (QED) is 0.487. The highest BCUT2D eigenvalue weighted by molar-refractivity contribution is 4.79. The second-order valence-electron chi connectivity index (χ2n) is 3.94. The van der Waals surface area contributed by atoms with Crippen molar-refractivity contribution in [2.45, 2.75) is 59.5 Å². The maximum atomic E-state index is 2.37. The average Bonchev–Trinajstić information content (AvgIpc) is 2.51. The first-order chi connectivity index (χ1) is 6.79. The van der Waals surface area contributed by atoms with Gasteiger partial charge in [0, 0.05) is 6.92 Å². The molecule has 2 nitrogen and oxygen atoms in total. The summed E-state index contributed by atoms with van der Waals surface area (Å²) in [5, 5.41) is 0. The molecular formula is C12H23N2+. The van der Waals surface area contributed by atoms with Gasteiger partial charge < -0.3 is 0 Å². The fourth-order valence-corrected chi connectivity index (χ4v) is 1.79. The van der Waals surface area contributed by atoms with E-state index in [-0.39, 0.29) is 0 Å². The predicted molar refractivity (Wildman–Crippen MR) is 59.2 cm³/mol. The maximum Gasteiger partial charge on any atom is 0.253 e. The van der Waals surface area contributed by atoms with E-state index in [2.05, 4.69) is 42.3 Å². The standard InChI is InChI=1S/C12H23N2/c1-4-6-7-9-14-11-10-13(8-5-2)12(14)3/h10-11H,4-9H2,1-3H3/q+1. The van der Waals surface area contributed by atoms with Gasteiger partial charge in [0.15, 0.2) is 0 Å². The van der Waals surface area contributed by atoms with Gasteiger partial charge in [0.2, 0.25) is 0 Å². The van der Waals surface area contributed by atoms with Crippen LogP contribution < -0.4 is 4.57 Å². The van der Waals surface area contributed by atoms with Crippen LogP contribution in [0.3, 0.4) is 0 Å². The molecule has 80 valence electrons. The van der Waals surface area contributed by atoms with E-state index in [0.717, 1.165) is 6.54 Å². The normalized spacial score (nSPS) is 10.8. The Morgan fingerprint density at radius 3 is 2.64 bits per heavy atom. The molecule has 0 radical (unpaired) electrons. The number of hydrogen-bond acceptors (Lipinski definition) is 0. The molecule has 0 unspecified atom stereocenters. The van der Waals surface area contributed by atoms with E-state index in [0.29, 0.717) is 0 Å². The summed E-state index contributed by atoms with van der Waals surface area (Å²) in [5.41, 5.74) is 0. The molecule has 1 aromatic rings. The summed E-state index contributed by atoms with van der Waals surface area (Å²) in [6.07, 6.45) is 9.56. The Bertz CT molecular complexity index is 263. The number of aryl methyl sites for hydroxylation is 2. The first-order valence-corrected chi connectivity index (χ1v) is 5.84. The van der Waals surface area contributed by atoms with Gasteiger partial charge in [-0.25, -0.2) is 9.13 Å². The molecule has 0 atom stereocenters. The van der Waals surface area contributed by atoms with E-state index in [4.69, 9.17) is 0 Å². The highest BCUT2D eigenvalue weighted by Gasteiger charge is 2.09. The van der Waals surface area contributed by atoms with Crippen molar-refractivity contribution in [3.05, 3.63) is 18.2 Å². The molecule has 0 aromatic carbocycles. The van der Waals surface area contributed by atoms with Crippen LogP contribution in [0.1, 0.15) is 45.4 Å². The van der Waals surface area contributed by atoms with E-state index in [1.165, 1.54) is 38.1 Å². The summed E-state index contributed by atoms with van der Waals surface area (Å²) in [4.78, 5) is 0. The molecule has 0 spiro atoms. The van der Waals surface area contributed by atoms with Crippen LogP contribution in [0, 0.1) is 6.92 Å². The lowest BCUT2D eigenvalue weighted by atomic mass is 10.2. The van der Waals surface area contributed by atoms with E-state index in [1.54, 1.807) is 0 Å². The van der Waals surface area contributed by atoms with Gasteiger partial charge in [-0.2, -0.15) is 0 Å². The Morgan fingerprint density at radius 2 is 2.00 bits per heavy atom. The zero-order valence-electron chi connectivity index (χ0n) is 9.79. The molecule has 0 aliphatic carbocycles. The summed E-state index contributed by atoms with van der Waals surface area (Å²) in [5.74, 6) is 1.39. The van der Waals surface area contributed by atoms with Gasteiger partial charge in [-0.1, -0.05) is 20.3 Å². The monoisotopic (exact) mass is 195 g/mol. The first-order valence-electron chi connectivity index (χ1n) is 5.84. The third-order valence-corrected chi connectivity index (χ3v) is 2.72. The molecule has 0 amide bonds. The summed E-state index contributed by atoms with van der Waals surface area (Å²) >= 11 is 0. The van der Waals surface area contributed by atoms with Gasteiger partial charge in [0.25, 0.3) is 5.82 Å². The van der Waals surface area contributed by atoms with E-state index in [1.807, 2.05) is 0 Å². The van der Waals surface area contributed by atoms with E-state index in [9.17, 15) is 0 Å². The Hall–Kier alpha value is -0.790. The molecule has 0 N–H and O–H groups in total. The van der Waals surface area contributed by atoms with Crippen LogP contribution in [0.5, 0.6) is 0 Å². The van der Waals surface area contributed by atoms with Crippen LogP contribution in [0.15, 0.2) is 12.4 Å². The lowest BCUT2D eigenvalue weighted by molar-refractivity contribution is -0.702. The van der Waals surface area contributed by atoms with Gasteiger partial charge >= 0.3 is 0 Å². The summed E-state index contributed by atoms with van der Waals surface area (Å²) in [6, 6.07) is 0. The number of rotatable bonds is 6. The fourth-order valence-electron chi connectivity index (χ4n) is 1.79. The molecule has 2 heteroatoms. The Balaban J connectivity index is 2.51. The van der Waals surface area contributed by atoms with Gasteiger partial charge in [0.05, 0.1) is 13.1 Å². The number of hydrogen-bond donors (Lipinski definition) is 0. The maximum absolute atomic E-state index is 2.37. The van der Waals surface area contributed by atoms with Crippen molar-refractivity contribution in [3.8, 4) is 0 Å². The second kappa shape index (κ2) is 5.84. The van der Waals surface area contributed by atoms with Gasteiger partial charge in [-0.05, 0) is 19.3 Å². The van der Waals surface area contributed by atoms with Crippen LogP contribution in [0.2, 0.25) is 0 Å². The minimum Gasteiger partial charge on any atom is -0.235 e. The van der Waals surface area contributed by atoms with Crippen molar-refractivity contribution in [1.29, 1.82) is 0 Å². The number of unbranched alkanes of at least 4 members (excludes halogenated alkanes) is 2. The molecule has 0 aliphatic rings. The van der Waals surface area contributed by atoms with Crippen LogP contribution >= 0.6 is 0 Å². The summed E-state index contributed by atoms with van der Waals surface area (Å²) < 4.78 is 4.71. The zero-order valence-corrected chi connectivity index (χ0v) is 9.79. The summed E-state index contributed by atoms with van der Waals surface area (Å²) in [6.45, 7) is 9.01. The van der Waals surface area contributed by atoms with Crippen molar-refractivity contribution in [2.75, 3.05) is 0 Å². The molecule has 0 saturated heterocycles. The Kier molecular flexibility index (Phi) is 4.71. The molecule has 1 heterocycles. The highest BCUT2D eigenvalue weighted by atomic mass is 15.1. The fraction of sp³-hybridized carbons (Fsp3) is 0.750. The van der Waals surface area contributed by atoms with Crippen LogP contribution in [0.25, 0.3) is 0 Å². The Labute approximate surface area is 87.6 Å².